The van der Waals surface area contributed by atoms with Crippen LogP contribution in [0.15, 0.2) is 78.9 Å². The number of para-hydroxylation sites is 1. The Morgan fingerprint density at radius 1 is 0.878 bits per heavy atom. The number of fused-ring (bicyclic) bond motifs is 6. The van der Waals surface area contributed by atoms with E-state index < -0.39 is 12.6 Å². The molecule has 0 N–H and O–H groups in total. The molecule has 7 rings (SSSR count). The molecule has 8 heteroatoms. The van der Waals surface area contributed by atoms with Gasteiger partial charge in [0.15, 0.2) is 12.4 Å². The van der Waals surface area contributed by atoms with Crippen LogP contribution < -0.4 is 4.90 Å². The molecule has 4 atom stereocenters. The van der Waals surface area contributed by atoms with Crippen LogP contribution in [0.2, 0.25) is 5.02 Å². The minimum absolute atomic E-state index is 0.0815. The quantitative estimate of drug-likeness (QED) is 0.159. The number of benzene rings is 3. The van der Waals surface area contributed by atoms with Crippen LogP contribution in [0, 0.1) is 23.7 Å². The van der Waals surface area contributed by atoms with Crippen LogP contribution in [-0.4, -0.2) is 35.2 Å². The molecule has 41 heavy (non-hydrogen) atoms. The SMILES string of the molecule is O=C(COC(=O)c1cc(-c2ccc(N3C(=O)[C@H]4[C@H]5CC[C@@H](C5)[C@@H]4C3=O)cc2)nc2ccccc12)c1ccc(Cl)cc1. The molecular weight excluding hydrogens is 540 g/mol. The Morgan fingerprint density at radius 2 is 1.54 bits per heavy atom. The number of esters is 1. The number of ether oxygens (including phenoxy) is 1. The van der Waals surface area contributed by atoms with Gasteiger partial charge >= 0.3 is 5.97 Å². The zero-order valence-corrected chi connectivity index (χ0v) is 22.7. The lowest BCUT2D eigenvalue weighted by Crippen LogP contribution is -2.32. The van der Waals surface area contributed by atoms with Crippen molar-refractivity contribution in [2.75, 3.05) is 11.5 Å². The van der Waals surface area contributed by atoms with Crippen molar-refractivity contribution < 1.29 is 23.9 Å². The number of aromatic nitrogens is 1. The molecule has 0 spiro atoms. The van der Waals surface area contributed by atoms with Crippen molar-refractivity contribution in [2.45, 2.75) is 19.3 Å². The Bertz CT molecular complexity index is 1710. The second kappa shape index (κ2) is 9.93. The van der Waals surface area contributed by atoms with Crippen molar-refractivity contribution in [1.29, 1.82) is 0 Å². The molecule has 2 aliphatic carbocycles. The van der Waals surface area contributed by atoms with Crippen LogP contribution in [0.5, 0.6) is 0 Å². The number of pyridine rings is 1. The maximum absolute atomic E-state index is 13.2. The molecule has 2 bridgehead atoms. The van der Waals surface area contributed by atoms with E-state index in [9.17, 15) is 19.2 Å². The van der Waals surface area contributed by atoms with E-state index in [1.807, 2.05) is 6.07 Å². The molecule has 4 aromatic rings. The zero-order valence-electron chi connectivity index (χ0n) is 22.0. The van der Waals surface area contributed by atoms with Gasteiger partial charge in [-0.1, -0.05) is 41.9 Å². The molecule has 3 fully saturated rings. The van der Waals surface area contributed by atoms with Gasteiger partial charge in [-0.2, -0.15) is 0 Å². The van der Waals surface area contributed by atoms with Crippen molar-refractivity contribution >= 4 is 51.8 Å². The van der Waals surface area contributed by atoms with Gasteiger partial charge in [0.05, 0.1) is 34.3 Å². The fourth-order valence-electron chi connectivity index (χ4n) is 6.86. The second-order valence-electron chi connectivity index (χ2n) is 11.0. The lowest BCUT2D eigenvalue weighted by Gasteiger charge is -2.19. The Kier molecular flexibility index (Phi) is 6.20. The van der Waals surface area contributed by atoms with Crippen LogP contribution in [0.1, 0.15) is 40.0 Å². The van der Waals surface area contributed by atoms with E-state index >= 15 is 0 Å². The molecule has 2 saturated carbocycles. The molecule has 3 aromatic carbocycles. The number of Topliss-reactive ketones (excluding diaryl/α,β-unsaturated/α-hetero) is 1. The highest BCUT2D eigenvalue weighted by molar-refractivity contribution is 6.30. The number of rotatable bonds is 6. The van der Waals surface area contributed by atoms with Gasteiger partial charge < -0.3 is 4.74 Å². The summed E-state index contributed by atoms with van der Waals surface area (Å²) in [4.78, 5) is 58.3. The van der Waals surface area contributed by atoms with Crippen LogP contribution >= 0.6 is 11.6 Å². The molecule has 1 aliphatic heterocycles. The van der Waals surface area contributed by atoms with E-state index in [0.29, 0.717) is 50.3 Å². The summed E-state index contributed by atoms with van der Waals surface area (Å²) in [5.74, 6) is -0.847. The van der Waals surface area contributed by atoms with Crippen LogP contribution in [0.4, 0.5) is 5.69 Å². The third kappa shape index (κ3) is 4.32. The summed E-state index contributed by atoms with van der Waals surface area (Å²) in [5.41, 5.74) is 3.07. The highest BCUT2D eigenvalue weighted by atomic mass is 35.5. The van der Waals surface area contributed by atoms with Crippen LogP contribution in [-0.2, 0) is 14.3 Å². The smallest absolute Gasteiger partial charge is 0.339 e. The van der Waals surface area contributed by atoms with Crippen molar-refractivity contribution in [2.24, 2.45) is 23.7 Å². The van der Waals surface area contributed by atoms with E-state index in [1.54, 1.807) is 72.8 Å². The lowest BCUT2D eigenvalue weighted by molar-refractivity contribution is -0.123. The minimum atomic E-state index is -0.641. The molecule has 204 valence electrons. The largest absolute Gasteiger partial charge is 0.454 e. The molecule has 2 heterocycles. The maximum Gasteiger partial charge on any atom is 0.339 e. The van der Waals surface area contributed by atoms with Gasteiger partial charge in [-0.3, -0.25) is 19.3 Å². The first kappa shape index (κ1) is 25.6. The normalized spacial score (nSPS) is 22.8. The summed E-state index contributed by atoms with van der Waals surface area (Å²) in [7, 11) is 0. The Balaban J connectivity index is 1.14. The Hall–Kier alpha value is -4.36. The summed E-state index contributed by atoms with van der Waals surface area (Å²) < 4.78 is 5.41. The average molecular weight is 565 g/mol. The first-order valence-corrected chi connectivity index (χ1v) is 14.1. The van der Waals surface area contributed by atoms with Gasteiger partial charge in [-0.25, -0.2) is 9.78 Å². The van der Waals surface area contributed by atoms with E-state index in [2.05, 4.69) is 0 Å². The fourth-order valence-corrected chi connectivity index (χ4v) is 6.99. The molecule has 1 aromatic heterocycles. The lowest BCUT2D eigenvalue weighted by atomic mass is 9.81. The molecule has 2 amide bonds. The van der Waals surface area contributed by atoms with Gasteiger partial charge in [-0.05, 0) is 79.6 Å². The third-order valence-corrected chi connectivity index (χ3v) is 9.04. The topological polar surface area (TPSA) is 93.6 Å². The first-order valence-electron chi connectivity index (χ1n) is 13.7. The van der Waals surface area contributed by atoms with Gasteiger partial charge in [-0.15, -0.1) is 0 Å². The summed E-state index contributed by atoms with van der Waals surface area (Å²) >= 11 is 5.90. The number of amides is 2. The summed E-state index contributed by atoms with van der Waals surface area (Å²) in [6.07, 6.45) is 3.06. The van der Waals surface area contributed by atoms with Crippen LogP contribution in [0.25, 0.3) is 22.2 Å². The minimum Gasteiger partial charge on any atom is -0.454 e. The molecule has 3 aliphatic rings. The number of carbonyl (C=O) groups excluding carboxylic acids is 4. The average Bonchev–Trinajstić information content (AvgIpc) is 3.69. The summed E-state index contributed by atoms with van der Waals surface area (Å²) in [6, 6.07) is 22.4. The van der Waals surface area contributed by atoms with E-state index in [0.717, 1.165) is 19.3 Å². The van der Waals surface area contributed by atoms with Gasteiger partial charge in [0.25, 0.3) is 0 Å². The number of hydrogen-bond acceptors (Lipinski definition) is 6. The summed E-state index contributed by atoms with van der Waals surface area (Å²) in [6.45, 7) is -0.414. The third-order valence-electron chi connectivity index (χ3n) is 8.79. The van der Waals surface area contributed by atoms with Crippen molar-refractivity contribution in [3.05, 3.63) is 95.0 Å². The fraction of sp³-hybridized carbons (Fsp3) is 0.242. The van der Waals surface area contributed by atoms with E-state index in [-0.39, 0.29) is 35.0 Å². The number of ketones is 1. The number of imide groups is 1. The zero-order chi connectivity index (χ0) is 28.2. The van der Waals surface area contributed by atoms with Crippen molar-refractivity contribution in [3.8, 4) is 11.3 Å². The van der Waals surface area contributed by atoms with Crippen molar-refractivity contribution in [3.63, 3.8) is 0 Å². The van der Waals surface area contributed by atoms with Gasteiger partial charge in [0.2, 0.25) is 11.8 Å². The molecule has 1 saturated heterocycles. The molecule has 7 nitrogen and oxygen atoms in total. The molecular formula is C33H25ClN2O5. The van der Waals surface area contributed by atoms with Gasteiger partial charge in [0.1, 0.15) is 0 Å². The van der Waals surface area contributed by atoms with Gasteiger partial charge in [0, 0.05) is 21.5 Å². The van der Waals surface area contributed by atoms with E-state index in [4.69, 9.17) is 21.3 Å². The number of halogens is 1. The Labute approximate surface area is 241 Å². The highest BCUT2D eigenvalue weighted by Gasteiger charge is 2.61. The molecule has 0 radical (unpaired) electrons. The maximum atomic E-state index is 13.2. The number of anilines is 1. The van der Waals surface area contributed by atoms with Crippen LogP contribution in [0.3, 0.4) is 0 Å². The second-order valence-corrected chi connectivity index (χ2v) is 11.5. The standard InChI is InChI=1S/C33H25ClN2O5/c34-22-11-7-19(8-12-22)28(37)17-41-33(40)25-16-27(35-26-4-2-1-3-24(25)26)18-9-13-23(14-10-18)36-31(38)29-20-5-6-21(15-20)30(29)32(36)39/h1-4,7-14,16,20-21,29-30H,5-6,15,17H2/t20-,21-,29-,30-/m0/s1. The first-order chi connectivity index (χ1) is 19.9. The Morgan fingerprint density at radius 3 is 2.22 bits per heavy atom. The number of hydrogen-bond donors (Lipinski definition) is 0. The predicted octanol–water partition coefficient (Wildman–Crippen LogP) is 6.13. The monoisotopic (exact) mass is 564 g/mol. The summed E-state index contributed by atoms with van der Waals surface area (Å²) in [5, 5.41) is 1.11. The highest BCUT2D eigenvalue weighted by Crippen LogP contribution is 2.56. The molecule has 0 unspecified atom stereocenters. The van der Waals surface area contributed by atoms with E-state index in [1.165, 1.54) is 4.90 Å². The number of nitrogens with zero attached hydrogens (tertiary/aromatic N) is 2. The number of carbonyl (C=O) groups is 4. The van der Waals surface area contributed by atoms with Crippen molar-refractivity contribution in [1.82, 2.24) is 4.98 Å². The predicted molar refractivity (Wildman–Crippen MR) is 154 cm³/mol.